The molecule has 0 aliphatic rings. The fourth-order valence-electron chi connectivity index (χ4n) is 1.53. The van der Waals surface area contributed by atoms with Gasteiger partial charge in [-0.2, -0.15) is 5.10 Å². The lowest BCUT2D eigenvalue weighted by atomic mass is 10.3. The average molecular weight is 264 g/mol. The standard InChI is InChI=1S/C13H20N2O2Si/c1-11-10-12(13(16)17)15(14-11)8-6-5-7-9-18(2,3)4/h10H,5-6,8H2,1-4H3,(H,16,17). The van der Waals surface area contributed by atoms with Gasteiger partial charge < -0.3 is 5.11 Å². The molecular weight excluding hydrogens is 244 g/mol. The largest absolute Gasteiger partial charge is 0.477 e. The molecule has 0 bridgehead atoms. The fraction of sp³-hybridized carbons (Fsp3) is 0.538. The second-order valence-corrected chi connectivity index (χ2v) is 10.1. The van der Waals surface area contributed by atoms with Crippen molar-refractivity contribution >= 4 is 14.0 Å². The van der Waals surface area contributed by atoms with Crippen molar-refractivity contribution in [2.24, 2.45) is 0 Å². The first-order chi connectivity index (χ1) is 8.29. The Morgan fingerprint density at radius 1 is 1.50 bits per heavy atom. The van der Waals surface area contributed by atoms with Crippen LogP contribution in [0.5, 0.6) is 0 Å². The lowest BCUT2D eigenvalue weighted by Crippen LogP contribution is -2.16. The lowest BCUT2D eigenvalue weighted by molar-refractivity contribution is 0.0683. The van der Waals surface area contributed by atoms with Crippen LogP contribution >= 0.6 is 0 Å². The van der Waals surface area contributed by atoms with Gasteiger partial charge in [-0.05, 0) is 19.4 Å². The average Bonchev–Trinajstić information content (AvgIpc) is 2.57. The predicted molar refractivity (Wildman–Crippen MR) is 74.3 cm³/mol. The molecule has 1 aromatic heterocycles. The van der Waals surface area contributed by atoms with Gasteiger partial charge >= 0.3 is 5.97 Å². The van der Waals surface area contributed by atoms with E-state index in [-0.39, 0.29) is 5.69 Å². The monoisotopic (exact) mass is 264 g/mol. The molecule has 1 heterocycles. The highest BCUT2D eigenvalue weighted by atomic mass is 28.3. The molecule has 0 aliphatic carbocycles. The Morgan fingerprint density at radius 2 is 2.17 bits per heavy atom. The zero-order valence-corrected chi connectivity index (χ0v) is 12.4. The second-order valence-electron chi connectivity index (χ2n) is 5.35. The van der Waals surface area contributed by atoms with E-state index in [2.05, 4.69) is 36.2 Å². The topological polar surface area (TPSA) is 55.1 Å². The molecule has 0 saturated carbocycles. The minimum Gasteiger partial charge on any atom is -0.477 e. The number of aryl methyl sites for hydroxylation is 2. The van der Waals surface area contributed by atoms with Crippen LogP contribution in [0.3, 0.4) is 0 Å². The van der Waals surface area contributed by atoms with Gasteiger partial charge in [-0.1, -0.05) is 19.6 Å². The van der Waals surface area contributed by atoms with Crippen LogP contribution in [-0.4, -0.2) is 28.9 Å². The Morgan fingerprint density at radius 3 is 2.72 bits per heavy atom. The Hall–Kier alpha value is -1.54. The van der Waals surface area contributed by atoms with Crippen LogP contribution in [0.15, 0.2) is 6.07 Å². The van der Waals surface area contributed by atoms with E-state index >= 15 is 0 Å². The maximum Gasteiger partial charge on any atom is 0.354 e. The van der Waals surface area contributed by atoms with E-state index in [9.17, 15) is 4.79 Å². The highest BCUT2D eigenvalue weighted by Gasteiger charge is 2.11. The highest BCUT2D eigenvalue weighted by molar-refractivity contribution is 6.83. The van der Waals surface area contributed by atoms with Crippen LogP contribution in [0.25, 0.3) is 0 Å². The van der Waals surface area contributed by atoms with Crippen LogP contribution in [0.2, 0.25) is 19.6 Å². The van der Waals surface area contributed by atoms with Crippen LogP contribution in [0.1, 0.15) is 29.0 Å². The third-order valence-corrected chi connectivity index (χ3v) is 3.18. The van der Waals surface area contributed by atoms with E-state index in [4.69, 9.17) is 5.11 Å². The fourth-order valence-corrected chi connectivity index (χ4v) is 2.19. The first-order valence-electron chi connectivity index (χ1n) is 6.07. The molecule has 5 heteroatoms. The van der Waals surface area contributed by atoms with Crippen molar-refractivity contribution in [3.05, 3.63) is 17.5 Å². The summed E-state index contributed by atoms with van der Waals surface area (Å²) in [6.45, 7) is 9.03. The Balaban J connectivity index is 2.54. The van der Waals surface area contributed by atoms with Crippen molar-refractivity contribution in [1.82, 2.24) is 9.78 Å². The minimum absolute atomic E-state index is 0.255. The normalized spacial score (nSPS) is 10.9. The summed E-state index contributed by atoms with van der Waals surface area (Å²) in [7, 11) is -1.29. The summed E-state index contributed by atoms with van der Waals surface area (Å²) in [5.74, 6) is 2.25. The number of hydrogen-bond donors (Lipinski definition) is 1. The number of aromatic nitrogens is 2. The molecule has 0 aliphatic heterocycles. The third-order valence-electron chi connectivity index (χ3n) is 2.26. The van der Waals surface area contributed by atoms with E-state index in [1.165, 1.54) is 0 Å². The number of unbranched alkanes of at least 4 members (excludes halogenated alkanes) is 1. The quantitative estimate of drug-likeness (QED) is 0.516. The summed E-state index contributed by atoms with van der Waals surface area (Å²) >= 11 is 0. The molecule has 0 amide bonds. The van der Waals surface area contributed by atoms with Gasteiger partial charge in [-0.25, -0.2) is 4.79 Å². The van der Waals surface area contributed by atoms with E-state index in [1.807, 2.05) is 0 Å². The molecule has 0 radical (unpaired) electrons. The molecule has 0 saturated heterocycles. The molecule has 18 heavy (non-hydrogen) atoms. The SMILES string of the molecule is Cc1cc(C(=O)O)n(CCCC#C[Si](C)(C)C)n1. The number of nitrogens with zero attached hydrogens (tertiary/aromatic N) is 2. The van der Waals surface area contributed by atoms with E-state index < -0.39 is 14.0 Å². The van der Waals surface area contributed by atoms with E-state index in [0.717, 1.165) is 18.5 Å². The van der Waals surface area contributed by atoms with E-state index in [0.29, 0.717) is 6.54 Å². The van der Waals surface area contributed by atoms with Crippen LogP contribution in [0.4, 0.5) is 0 Å². The van der Waals surface area contributed by atoms with Crippen molar-refractivity contribution in [3.63, 3.8) is 0 Å². The van der Waals surface area contributed by atoms with E-state index in [1.54, 1.807) is 17.7 Å². The molecule has 4 nitrogen and oxygen atoms in total. The number of carboxylic acid groups (broad SMARTS) is 1. The summed E-state index contributed by atoms with van der Waals surface area (Å²) in [5.41, 5.74) is 4.29. The molecule has 1 N–H and O–H groups in total. The number of aromatic carboxylic acids is 1. The molecule has 1 aromatic rings. The zero-order chi connectivity index (χ0) is 13.8. The Bertz CT molecular complexity index is 489. The number of rotatable bonds is 4. The Kier molecular flexibility index (Phi) is 4.74. The van der Waals surface area contributed by atoms with Gasteiger partial charge in [0.1, 0.15) is 13.8 Å². The summed E-state index contributed by atoms with van der Waals surface area (Å²) < 4.78 is 1.55. The molecule has 98 valence electrons. The smallest absolute Gasteiger partial charge is 0.354 e. The number of carboxylic acids is 1. The first kappa shape index (κ1) is 14.5. The van der Waals surface area contributed by atoms with Crippen molar-refractivity contribution in [3.8, 4) is 11.5 Å². The maximum atomic E-state index is 11.0. The predicted octanol–water partition coefficient (Wildman–Crippen LogP) is 2.55. The lowest BCUT2D eigenvalue weighted by Gasteiger charge is -2.04. The van der Waals surface area contributed by atoms with Crippen molar-refractivity contribution in [2.75, 3.05) is 0 Å². The molecule has 0 fully saturated rings. The van der Waals surface area contributed by atoms with Crippen LogP contribution < -0.4 is 0 Å². The third kappa shape index (κ3) is 4.76. The van der Waals surface area contributed by atoms with Gasteiger partial charge in [0.05, 0.1) is 5.69 Å². The molecule has 1 rings (SSSR count). The van der Waals surface area contributed by atoms with Gasteiger partial charge in [0.25, 0.3) is 0 Å². The van der Waals surface area contributed by atoms with Gasteiger partial charge in [0.2, 0.25) is 0 Å². The van der Waals surface area contributed by atoms with Gasteiger partial charge in [-0.15, -0.1) is 11.5 Å². The van der Waals surface area contributed by atoms with Crippen LogP contribution in [-0.2, 0) is 6.54 Å². The van der Waals surface area contributed by atoms with Gasteiger partial charge in [0, 0.05) is 13.0 Å². The summed E-state index contributed by atoms with van der Waals surface area (Å²) in [5, 5.41) is 13.2. The first-order valence-corrected chi connectivity index (χ1v) is 9.57. The van der Waals surface area contributed by atoms with Crippen molar-refractivity contribution < 1.29 is 9.90 Å². The molecule has 0 atom stereocenters. The Labute approximate surface area is 109 Å². The maximum absolute atomic E-state index is 11.0. The molecule has 0 aromatic carbocycles. The molecular formula is C13H20N2O2Si. The second kappa shape index (κ2) is 5.87. The minimum atomic E-state index is -1.29. The number of carbonyl (C=O) groups is 1. The highest BCUT2D eigenvalue weighted by Crippen LogP contribution is 2.06. The van der Waals surface area contributed by atoms with Crippen molar-refractivity contribution in [2.45, 2.75) is 46.0 Å². The number of hydrogen-bond acceptors (Lipinski definition) is 2. The van der Waals surface area contributed by atoms with Gasteiger partial charge in [0.15, 0.2) is 0 Å². The molecule has 0 spiro atoms. The van der Waals surface area contributed by atoms with Gasteiger partial charge in [-0.3, -0.25) is 4.68 Å². The summed E-state index contributed by atoms with van der Waals surface area (Å²) in [6, 6.07) is 1.59. The van der Waals surface area contributed by atoms with Crippen molar-refractivity contribution in [1.29, 1.82) is 0 Å². The molecule has 0 unspecified atom stereocenters. The van der Waals surface area contributed by atoms with Crippen LogP contribution in [0, 0.1) is 18.4 Å². The summed E-state index contributed by atoms with van der Waals surface area (Å²) in [6.07, 6.45) is 1.63. The summed E-state index contributed by atoms with van der Waals surface area (Å²) in [4.78, 5) is 11.0. The zero-order valence-electron chi connectivity index (χ0n) is 11.4.